The Bertz CT molecular complexity index is 277. The molecule has 0 radical (unpaired) electrons. The molecule has 1 unspecified atom stereocenters. The van der Waals surface area contributed by atoms with Crippen LogP contribution in [0.1, 0.15) is 33.6 Å². The van der Waals surface area contributed by atoms with Crippen LogP contribution in [0.3, 0.4) is 0 Å². The maximum absolute atomic E-state index is 11.8. The van der Waals surface area contributed by atoms with Gasteiger partial charge in [-0.3, -0.25) is 9.59 Å². The fourth-order valence-corrected chi connectivity index (χ4v) is 1.98. The van der Waals surface area contributed by atoms with Crippen molar-refractivity contribution in [1.29, 1.82) is 0 Å². The second-order valence-corrected chi connectivity index (χ2v) is 4.52. The molecule has 5 nitrogen and oxygen atoms in total. The van der Waals surface area contributed by atoms with Crippen molar-refractivity contribution in [3.05, 3.63) is 0 Å². The lowest BCUT2D eigenvalue weighted by atomic mass is 10.1. The second kappa shape index (κ2) is 6.59. The molecular weight excluding hydrogens is 218 g/mol. The second-order valence-electron chi connectivity index (χ2n) is 4.52. The third-order valence-electron chi connectivity index (χ3n) is 3.20. The predicted molar refractivity (Wildman–Crippen MR) is 66.6 cm³/mol. The standard InChI is InChI=1S/C12H23N3O2/c1-4-10(5-2)14-11(16)8-15-7-6-13-9(3)12(15)17/h9-10,13H,4-8H2,1-3H3,(H,14,16). The van der Waals surface area contributed by atoms with E-state index in [2.05, 4.69) is 10.6 Å². The Morgan fingerprint density at radius 3 is 2.76 bits per heavy atom. The molecule has 17 heavy (non-hydrogen) atoms. The molecule has 1 atom stereocenters. The summed E-state index contributed by atoms with van der Waals surface area (Å²) in [7, 11) is 0. The first-order valence-electron chi connectivity index (χ1n) is 6.40. The van der Waals surface area contributed by atoms with Crippen molar-refractivity contribution < 1.29 is 9.59 Å². The van der Waals surface area contributed by atoms with Gasteiger partial charge in [0.05, 0.1) is 12.6 Å². The summed E-state index contributed by atoms with van der Waals surface area (Å²) >= 11 is 0. The number of rotatable bonds is 5. The van der Waals surface area contributed by atoms with Gasteiger partial charge in [0.1, 0.15) is 0 Å². The molecule has 1 saturated heterocycles. The first kappa shape index (κ1) is 14.0. The minimum atomic E-state index is -0.176. The van der Waals surface area contributed by atoms with Gasteiger partial charge in [0, 0.05) is 19.1 Å². The van der Waals surface area contributed by atoms with Gasteiger partial charge in [0.25, 0.3) is 0 Å². The molecule has 1 fully saturated rings. The number of hydrogen-bond acceptors (Lipinski definition) is 3. The van der Waals surface area contributed by atoms with E-state index >= 15 is 0 Å². The zero-order valence-electron chi connectivity index (χ0n) is 11.0. The summed E-state index contributed by atoms with van der Waals surface area (Å²) in [4.78, 5) is 25.2. The molecule has 2 N–H and O–H groups in total. The number of amides is 2. The minimum absolute atomic E-state index is 0.0101. The van der Waals surface area contributed by atoms with Crippen LogP contribution in [0, 0.1) is 0 Å². The van der Waals surface area contributed by atoms with Crippen molar-refractivity contribution in [3.8, 4) is 0 Å². The summed E-state index contributed by atoms with van der Waals surface area (Å²) in [6.45, 7) is 7.47. The molecule has 1 aliphatic heterocycles. The summed E-state index contributed by atoms with van der Waals surface area (Å²) in [5.41, 5.74) is 0. The summed E-state index contributed by atoms with van der Waals surface area (Å²) in [6.07, 6.45) is 1.85. The minimum Gasteiger partial charge on any atom is -0.352 e. The molecule has 0 spiro atoms. The average molecular weight is 241 g/mol. The maximum atomic E-state index is 11.8. The van der Waals surface area contributed by atoms with E-state index in [1.54, 1.807) is 4.90 Å². The third-order valence-corrected chi connectivity index (χ3v) is 3.20. The zero-order valence-corrected chi connectivity index (χ0v) is 11.0. The Hall–Kier alpha value is -1.10. The molecule has 0 aromatic heterocycles. The van der Waals surface area contributed by atoms with Crippen LogP contribution >= 0.6 is 0 Å². The lowest BCUT2D eigenvalue weighted by molar-refractivity contribution is -0.139. The molecule has 0 aromatic rings. The van der Waals surface area contributed by atoms with Crippen LogP contribution in [0.5, 0.6) is 0 Å². The molecule has 5 heteroatoms. The van der Waals surface area contributed by atoms with Crippen molar-refractivity contribution in [2.24, 2.45) is 0 Å². The van der Waals surface area contributed by atoms with E-state index in [0.717, 1.165) is 19.4 Å². The van der Waals surface area contributed by atoms with Crippen LogP contribution in [0.2, 0.25) is 0 Å². The van der Waals surface area contributed by atoms with Crippen LogP contribution in [0.4, 0.5) is 0 Å². The van der Waals surface area contributed by atoms with Crippen LogP contribution in [0.25, 0.3) is 0 Å². The third kappa shape index (κ3) is 4.00. The Morgan fingerprint density at radius 1 is 1.53 bits per heavy atom. The van der Waals surface area contributed by atoms with Crippen molar-refractivity contribution >= 4 is 11.8 Å². The molecule has 1 heterocycles. The predicted octanol–water partition coefficient (Wildman–Crippen LogP) is 0.112. The molecule has 0 aromatic carbocycles. The molecule has 0 aliphatic carbocycles. The average Bonchev–Trinajstić information content (AvgIpc) is 2.32. The van der Waals surface area contributed by atoms with Gasteiger partial charge in [-0.1, -0.05) is 13.8 Å². The van der Waals surface area contributed by atoms with Gasteiger partial charge in [-0.2, -0.15) is 0 Å². The highest BCUT2D eigenvalue weighted by molar-refractivity contribution is 5.87. The molecule has 1 aliphatic rings. The lowest BCUT2D eigenvalue weighted by Crippen LogP contribution is -2.56. The number of carbonyl (C=O) groups excluding carboxylic acids is 2. The normalized spacial score (nSPS) is 20.8. The Kier molecular flexibility index (Phi) is 5.41. The largest absolute Gasteiger partial charge is 0.352 e. The van der Waals surface area contributed by atoms with Crippen molar-refractivity contribution in [2.75, 3.05) is 19.6 Å². The smallest absolute Gasteiger partial charge is 0.239 e. The van der Waals surface area contributed by atoms with E-state index < -0.39 is 0 Å². The Labute approximate surface area is 103 Å². The topological polar surface area (TPSA) is 61.4 Å². The lowest BCUT2D eigenvalue weighted by Gasteiger charge is -2.31. The molecule has 2 amide bonds. The summed E-state index contributed by atoms with van der Waals surface area (Å²) in [5.74, 6) is -0.0444. The van der Waals surface area contributed by atoms with Gasteiger partial charge < -0.3 is 15.5 Å². The van der Waals surface area contributed by atoms with E-state index in [-0.39, 0.29) is 30.4 Å². The highest BCUT2D eigenvalue weighted by Gasteiger charge is 2.26. The van der Waals surface area contributed by atoms with Crippen LogP contribution in [-0.2, 0) is 9.59 Å². The molecule has 1 rings (SSSR count). The highest BCUT2D eigenvalue weighted by atomic mass is 16.2. The van der Waals surface area contributed by atoms with Crippen LogP contribution in [0.15, 0.2) is 0 Å². The quantitative estimate of drug-likeness (QED) is 0.718. The van der Waals surface area contributed by atoms with Crippen molar-refractivity contribution in [3.63, 3.8) is 0 Å². The fraction of sp³-hybridized carbons (Fsp3) is 0.833. The number of nitrogens with one attached hydrogen (secondary N) is 2. The van der Waals surface area contributed by atoms with E-state index in [4.69, 9.17) is 0 Å². The number of carbonyl (C=O) groups is 2. The first-order chi connectivity index (χ1) is 8.08. The summed E-state index contributed by atoms with van der Waals surface area (Å²) < 4.78 is 0. The van der Waals surface area contributed by atoms with Crippen LogP contribution < -0.4 is 10.6 Å². The van der Waals surface area contributed by atoms with E-state index in [1.165, 1.54) is 0 Å². The molecule has 0 bridgehead atoms. The Morgan fingerprint density at radius 2 is 2.18 bits per heavy atom. The fourth-order valence-electron chi connectivity index (χ4n) is 1.98. The SMILES string of the molecule is CCC(CC)NC(=O)CN1CCNC(C)C1=O. The number of hydrogen-bond donors (Lipinski definition) is 2. The summed E-state index contributed by atoms with van der Waals surface area (Å²) in [5, 5.41) is 6.02. The van der Waals surface area contributed by atoms with Gasteiger partial charge in [0.15, 0.2) is 0 Å². The maximum Gasteiger partial charge on any atom is 0.239 e. The molecule has 0 saturated carbocycles. The first-order valence-corrected chi connectivity index (χ1v) is 6.40. The van der Waals surface area contributed by atoms with Gasteiger partial charge in [-0.15, -0.1) is 0 Å². The van der Waals surface area contributed by atoms with Gasteiger partial charge in [0.2, 0.25) is 11.8 Å². The van der Waals surface area contributed by atoms with E-state index in [9.17, 15) is 9.59 Å². The van der Waals surface area contributed by atoms with Gasteiger partial charge in [-0.25, -0.2) is 0 Å². The van der Waals surface area contributed by atoms with Gasteiger partial charge in [-0.05, 0) is 19.8 Å². The van der Waals surface area contributed by atoms with Gasteiger partial charge >= 0.3 is 0 Å². The van der Waals surface area contributed by atoms with Crippen LogP contribution in [-0.4, -0.2) is 48.4 Å². The zero-order chi connectivity index (χ0) is 12.8. The summed E-state index contributed by atoms with van der Waals surface area (Å²) in [6, 6.07) is 0.0441. The molecule has 98 valence electrons. The van der Waals surface area contributed by atoms with Crippen molar-refractivity contribution in [2.45, 2.75) is 45.7 Å². The number of piperazine rings is 1. The molecular formula is C12H23N3O2. The van der Waals surface area contributed by atoms with E-state index in [1.807, 2.05) is 20.8 Å². The van der Waals surface area contributed by atoms with Crippen molar-refractivity contribution in [1.82, 2.24) is 15.5 Å². The highest BCUT2D eigenvalue weighted by Crippen LogP contribution is 2.01. The monoisotopic (exact) mass is 241 g/mol. The Balaban J connectivity index is 2.42. The van der Waals surface area contributed by atoms with E-state index in [0.29, 0.717) is 6.54 Å². The number of nitrogens with zero attached hydrogens (tertiary/aromatic N) is 1.